The van der Waals surface area contributed by atoms with E-state index in [1.807, 2.05) is 65.0 Å². The summed E-state index contributed by atoms with van der Waals surface area (Å²) in [5.41, 5.74) is -1.45. The van der Waals surface area contributed by atoms with Crippen molar-refractivity contribution in [2.75, 3.05) is 6.61 Å². The van der Waals surface area contributed by atoms with Gasteiger partial charge in [0.25, 0.3) is 0 Å². The van der Waals surface area contributed by atoms with Crippen molar-refractivity contribution in [1.82, 2.24) is 0 Å². The van der Waals surface area contributed by atoms with Crippen molar-refractivity contribution in [2.24, 2.45) is 23.2 Å². The van der Waals surface area contributed by atoms with Gasteiger partial charge in [-0.15, -0.1) is 0 Å². The van der Waals surface area contributed by atoms with Gasteiger partial charge in [0.1, 0.15) is 16.8 Å². The van der Waals surface area contributed by atoms with E-state index < -0.39 is 28.3 Å². The monoisotopic (exact) mass is 428 g/mol. The zero-order valence-electron chi connectivity index (χ0n) is 19.0. The minimum atomic E-state index is -0.997. The Morgan fingerprint density at radius 2 is 1.90 bits per heavy atom. The molecule has 0 radical (unpaired) electrons. The van der Waals surface area contributed by atoms with Crippen LogP contribution in [0.3, 0.4) is 0 Å². The van der Waals surface area contributed by atoms with Crippen molar-refractivity contribution < 1.29 is 28.5 Å². The van der Waals surface area contributed by atoms with Crippen LogP contribution in [0.4, 0.5) is 0 Å². The molecule has 6 atom stereocenters. The van der Waals surface area contributed by atoms with Gasteiger partial charge in [-0.25, -0.2) is 0 Å². The van der Waals surface area contributed by atoms with E-state index in [1.165, 1.54) is 0 Å². The molecule has 1 aromatic rings. The third kappa shape index (κ3) is 2.95. The summed E-state index contributed by atoms with van der Waals surface area (Å²) in [5.74, 6) is -1.88. The van der Waals surface area contributed by atoms with Gasteiger partial charge in [0.2, 0.25) is 0 Å². The summed E-state index contributed by atoms with van der Waals surface area (Å²) in [7, 11) is 0. The van der Waals surface area contributed by atoms with Crippen LogP contribution < -0.4 is 0 Å². The smallest absolute Gasteiger partial charge is 0.316 e. The highest BCUT2D eigenvalue weighted by Gasteiger charge is 2.95. The van der Waals surface area contributed by atoms with Crippen LogP contribution in [0, 0.1) is 23.2 Å². The summed E-state index contributed by atoms with van der Waals surface area (Å²) in [6, 6.07) is 9.88. The number of ether oxygens (including phenoxy) is 4. The lowest BCUT2D eigenvalue weighted by atomic mass is 9.68. The van der Waals surface area contributed by atoms with Gasteiger partial charge in [0.15, 0.2) is 5.79 Å². The molecule has 168 valence electrons. The number of carbonyl (C=O) groups is 2. The summed E-state index contributed by atoms with van der Waals surface area (Å²) >= 11 is 0. The summed E-state index contributed by atoms with van der Waals surface area (Å²) in [6.07, 6.45) is 1.07. The van der Waals surface area contributed by atoms with Crippen molar-refractivity contribution >= 4 is 11.8 Å². The van der Waals surface area contributed by atoms with Gasteiger partial charge in [0.05, 0.1) is 30.8 Å². The molecule has 4 bridgehead atoms. The van der Waals surface area contributed by atoms with Crippen molar-refractivity contribution in [3.63, 3.8) is 0 Å². The molecule has 6 heteroatoms. The minimum Gasteiger partial charge on any atom is -0.459 e. The first-order valence-corrected chi connectivity index (χ1v) is 11.3. The van der Waals surface area contributed by atoms with Gasteiger partial charge < -0.3 is 18.9 Å². The lowest BCUT2D eigenvalue weighted by Crippen LogP contribution is -2.52. The van der Waals surface area contributed by atoms with E-state index in [0.29, 0.717) is 26.1 Å². The average molecular weight is 429 g/mol. The van der Waals surface area contributed by atoms with E-state index in [9.17, 15) is 9.59 Å². The van der Waals surface area contributed by atoms with Gasteiger partial charge in [-0.05, 0) is 53.0 Å². The second-order valence-electron chi connectivity index (χ2n) is 10.9. The maximum absolute atomic E-state index is 13.8. The number of rotatable bonds is 5. The average Bonchev–Trinajstić information content (AvgIpc) is 3.05. The minimum absolute atomic E-state index is 0.128. The second-order valence-corrected chi connectivity index (χ2v) is 10.9. The first-order valence-electron chi connectivity index (χ1n) is 11.3. The maximum Gasteiger partial charge on any atom is 0.316 e. The Hall–Kier alpha value is -1.76. The number of esters is 1. The molecule has 4 saturated carbocycles. The summed E-state index contributed by atoms with van der Waals surface area (Å²) in [4.78, 5) is 27.2. The maximum atomic E-state index is 13.8. The van der Waals surface area contributed by atoms with Crippen LogP contribution in [0.5, 0.6) is 0 Å². The van der Waals surface area contributed by atoms with Gasteiger partial charge in [0, 0.05) is 11.8 Å². The van der Waals surface area contributed by atoms with Crippen LogP contribution in [0.2, 0.25) is 0 Å². The van der Waals surface area contributed by atoms with E-state index in [4.69, 9.17) is 18.9 Å². The zero-order valence-corrected chi connectivity index (χ0v) is 19.0. The van der Waals surface area contributed by atoms with Crippen LogP contribution >= 0.6 is 0 Å². The molecular formula is C25H32O6. The number of fused-ring (bicyclic) bond motifs is 1. The standard InChI is InChI=1S/C25H32O6/c1-22(2,3)31-21(27)25-18(17-14-28-23(4,5)30-17)16-11-12-24(25,20(25)19(16)26)29-13-15-9-7-6-8-10-15/h6-10,16-18,20H,11-14H2,1-5H3/t16-,17-,18-,20?,24+,25-/m1/s1. The van der Waals surface area contributed by atoms with E-state index in [-0.39, 0.29) is 29.7 Å². The van der Waals surface area contributed by atoms with E-state index >= 15 is 0 Å². The predicted molar refractivity (Wildman–Crippen MR) is 112 cm³/mol. The third-order valence-electron chi connectivity index (χ3n) is 7.48. The molecule has 1 heterocycles. The molecule has 1 unspecified atom stereocenters. The van der Waals surface area contributed by atoms with Crippen molar-refractivity contribution in [3.05, 3.63) is 35.9 Å². The molecule has 5 aliphatic rings. The van der Waals surface area contributed by atoms with E-state index in [2.05, 4.69) is 0 Å². The van der Waals surface area contributed by atoms with Crippen LogP contribution in [-0.2, 0) is 35.1 Å². The lowest BCUT2D eigenvalue weighted by molar-refractivity contribution is -0.188. The Labute approximate surface area is 183 Å². The van der Waals surface area contributed by atoms with Gasteiger partial charge in [-0.1, -0.05) is 30.3 Å². The third-order valence-corrected chi connectivity index (χ3v) is 7.48. The highest BCUT2D eigenvalue weighted by atomic mass is 16.7. The molecule has 6 nitrogen and oxygen atoms in total. The Balaban J connectivity index is 1.52. The molecule has 0 spiro atoms. The van der Waals surface area contributed by atoms with Crippen LogP contribution in [0.25, 0.3) is 0 Å². The predicted octanol–water partition coefficient (Wildman–Crippen LogP) is 3.66. The van der Waals surface area contributed by atoms with Crippen LogP contribution in [0.15, 0.2) is 30.3 Å². The molecule has 5 fully saturated rings. The quantitative estimate of drug-likeness (QED) is 0.667. The Morgan fingerprint density at radius 1 is 1.19 bits per heavy atom. The number of hydrogen-bond acceptors (Lipinski definition) is 6. The molecule has 0 amide bonds. The molecule has 31 heavy (non-hydrogen) atoms. The summed E-state index contributed by atoms with van der Waals surface area (Å²) in [5, 5.41) is 0. The lowest BCUT2D eigenvalue weighted by Gasteiger charge is -2.42. The normalized spacial score (nSPS) is 40.1. The van der Waals surface area contributed by atoms with Gasteiger partial charge >= 0.3 is 5.97 Å². The molecule has 6 rings (SSSR count). The number of benzene rings is 1. The fourth-order valence-electron chi connectivity index (χ4n) is 6.51. The Kier molecular flexibility index (Phi) is 4.51. The SMILES string of the molecule is CC(C)(C)OC(=O)[C@@]12C3C(=O)[C@H](CC[C@]31OCc1ccccc1)[C@@H]2[C@H]1COC(C)(C)O1. The number of Topliss-reactive ketones (excluding diaryl/α,β-unsaturated/α-hetero) is 1. The first-order chi connectivity index (χ1) is 14.5. The molecule has 0 N–H and O–H groups in total. The molecule has 4 aliphatic carbocycles. The Morgan fingerprint density at radius 3 is 2.52 bits per heavy atom. The van der Waals surface area contributed by atoms with Crippen molar-refractivity contribution in [3.8, 4) is 0 Å². The molecule has 0 aromatic heterocycles. The van der Waals surface area contributed by atoms with Crippen LogP contribution in [0.1, 0.15) is 53.0 Å². The number of carbonyl (C=O) groups excluding carboxylic acids is 2. The van der Waals surface area contributed by atoms with E-state index in [0.717, 1.165) is 5.56 Å². The van der Waals surface area contributed by atoms with Gasteiger partial charge in [-0.2, -0.15) is 0 Å². The Bertz CT molecular complexity index is 902. The molecular weight excluding hydrogens is 396 g/mol. The van der Waals surface area contributed by atoms with Gasteiger partial charge in [-0.3, -0.25) is 9.59 Å². The van der Waals surface area contributed by atoms with Crippen molar-refractivity contribution in [2.45, 2.75) is 77.2 Å². The van der Waals surface area contributed by atoms with Crippen molar-refractivity contribution in [1.29, 1.82) is 0 Å². The highest BCUT2D eigenvalue weighted by molar-refractivity contribution is 6.05. The fraction of sp³-hybridized carbons (Fsp3) is 0.680. The second kappa shape index (κ2) is 6.63. The zero-order chi connectivity index (χ0) is 22.2. The van der Waals surface area contributed by atoms with Crippen LogP contribution in [-0.4, -0.2) is 41.5 Å². The summed E-state index contributed by atoms with van der Waals surface area (Å²) in [6.45, 7) is 10.0. The molecule has 1 aromatic carbocycles. The van der Waals surface area contributed by atoms with E-state index in [1.54, 1.807) is 0 Å². The largest absolute Gasteiger partial charge is 0.459 e. The summed E-state index contributed by atoms with van der Waals surface area (Å²) < 4.78 is 24.5. The molecule has 1 aliphatic heterocycles. The number of hydrogen-bond donors (Lipinski definition) is 0. The molecule has 1 saturated heterocycles. The number of ketones is 1. The fourth-order valence-corrected chi connectivity index (χ4v) is 6.51. The highest BCUT2D eigenvalue weighted by Crippen LogP contribution is 2.81. The topological polar surface area (TPSA) is 71.1 Å². The first kappa shape index (κ1) is 21.1.